The zero-order valence-corrected chi connectivity index (χ0v) is 13.0. The first-order chi connectivity index (χ1) is 11.1. The van der Waals surface area contributed by atoms with Crippen LogP contribution < -0.4 is 10.3 Å². The molecule has 0 spiro atoms. The van der Waals surface area contributed by atoms with Crippen LogP contribution in [0.1, 0.15) is 5.56 Å². The molecule has 0 radical (unpaired) electrons. The van der Waals surface area contributed by atoms with Crippen LogP contribution in [0.15, 0.2) is 52.4 Å². The molecule has 2 aromatic carbocycles. The Morgan fingerprint density at radius 3 is 2.83 bits per heavy atom. The zero-order chi connectivity index (χ0) is 16.4. The van der Waals surface area contributed by atoms with E-state index in [-0.39, 0.29) is 16.1 Å². The highest BCUT2D eigenvalue weighted by atomic mass is 32.1. The van der Waals surface area contributed by atoms with E-state index in [0.717, 1.165) is 4.68 Å². The molecule has 1 aromatic heterocycles. The number of para-hydroxylation sites is 1. The fraction of sp³-hybridized carbons (Fsp3) is 0.0625. The summed E-state index contributed by atoms with van der Waals surface area (Å²) in [7, 11) is 1.47. The maximum Gasteiger partial charge on any atom is 0.282 e. The summed E-state index contributed by atoms with van der Waals surface area (Å²) in [5, 5.41) is 14.4. The van der Waals surface area contributed by atoms with Gasteiger partial charge in [0.05, 0.1) is 24.2 Å². The van der Waals surface area contributed by atoms with Crippen LogP contribution in [0.4, 0.5) is 0 Å². The third-order valence-electron chi connectivity index (χ3n) is 3.31. The molecular weight excluding hydrogens is 314 g/mol. The lowest BCUT2D eigenvalue weighted by Gasteiger charge is -2.04. The van der Waals surface area contributed by atoms with Gasteiger partial charge >= 0.3 is 0 Å². The maximum atomic E-state index is 12.4. The summed E-state index contributed by atoms with van der Waals surface area (Å²) < 4.78 is 6.28. The topological polar surface area (TPSA) is 79.6 Å². The van der Waals surface area contributed by atoms with Gasteiger partial charge in [-0.25, -0.2) is 0 Å². The Hall–Kier alpha value is -2.93. The van der Waals surface area contributed by atoms with Crippen LogP contribution in [0.3, 0.4) is 0 Å². The van der Waals surface area contributed by atoms with E-state index in [1.165, 1.54) is 19.4 Å². The van der Waals surface area contributed by atoms with Crippen molar-refractivity contribution in [1.82, 2.24) is 9.66 Å². The van der Waals surface area contributed by atoms with E-state index in [1.54, 1.807) is 30.3 Å². The van der Waals surface area contributed by atoms with E-state index in [0.29, 0.717) is 22.2 Å². The number of rotatable bonds is 3. The van der Waals surface area contributed by atoms with Gasteiger partial charge in [0.1, 0.15) is 0 Å². The average Bonchev–Trinajstić information content (AvgIpc) is 2.55. The molecule has 0 aliphatic rings. The predicted octanol–water partition coefficient (Wildman–Crippen LogP) is 2.66. The number of benzene rings is 2. The molecule has 0 unspecified atom stereocenters. The molecule has 0 aliphatic heterocycles. The molecule has 6 nitrogen and oxygen atoms in total. The van der Waals surface area contributed by atoms with Crippen molar-refractivity contribution in [2.24, 2.45) is 5.10 Å². The second-order valence-corrected chi connectivity index (χ2v) is 5.16. The fourth-order valence-corrected chi connectivity index (χ4v) is 2.41. The van der Waals surface area contributed by atoms with Gasteiger partial charge in [-0.2, -0.15) is 9.78 Å². The first-order valence-corrected chi connectivity index (χ1v) is 7.16. The van der Waals surface area contributed by atoms with Gasteiger partial charge in [0.15, 0.2) is 11.5 Å². The Morgan fingerprint density at radius 2 is 2.09 bits per heavy atom. The number of ether oxygens (including phenoxy) is 1. The van der Waals surface area contributed by atoms with Crippen LogP contribution >= 0.6 is 12.2 Å². The zero-order valence-electron chi connectivity index (χ0n) is 12.2. The van der Waals surface area contributed by atoms with Crippen molar-refractivity contribution in [3.8, 4) is 11.5 Å². The maximum absolute atomic E-state index is 12.4. The highest BCUT2D eigenvalue weighted by molar-refractivity contribution is 7.71. The summed E-state index contributed by atoms with van der Waals surface area (Å²) in [5.74, 6) is 0.356. The lowest BCUT2D eigenvalue weighted by atomic mass is 10.2. The Morgan fingerprint density at radius 1 is 1.30 bits per heavy atom. The van der Waals surface area contributed by atoms with Gasteiger partial charge in [0.2, 0.25) is 4.77 Å². The Labute approximate surface area is 136 Å². The average molecular weight is 327 g/mol. The minimum absolute atomic E-state index is 0.00697. The minimum Gasteiger partial charge on any atom is -0.504 e. The normalized spacial score (nSPS) is 11.2. The Kier molecular flexibility index (Phi) is 3.94. The molecule has 0 amide bonds. The van der Waals surface area contributed by atoms with Gasteiger partial charge in [-0.1, -0.05) is 12.1 Å². The first kappa shape index (κ1) is 15.0. The summed E-state index contributed by atoms with van der Waals surface area (Å²) in [6, 6.07) is 11.9. The van der Waals surface area contributed by atoms with Crippen LogP contribution in [0.25, 0.3) is 10.9 Å². The molecule has 0 bridgehead atoms. The summed E-state index contributed by atoms with van der Waals surface area (Å²) >= 11 is 5.17. The van der Waals surface area contributed by atoms with Crippen LogP contribution in [0, 0.1) is 4.77 Å². The van der Waals surface area contributed by atoms with Crippen LogP contribution in [-0.2, 0) is 0 Å². The smallest absolute Gasteiger partial charge is 0.282 e. The van der Waals surface area contributed by atoms with E-state index in [1.807, 2.05) is 6.07 Å². The molecule has 116 valence electrons. The van der Waals surface area contributed by atoms with E-state index >= 15 is 0 Å². The van der Waals surface area contributed by atoms with Crippen molar-refractivity contribution in [2.75, 3.05) is 7.11 Å². The number of methoxy groups -OCH3 is 1. The molecule has 0 atom stereocenters. The molecule has 7 heteroatoms. The van der Waals surface area contributed by atoms with Gasteiger partial charge in [-0.15, -0.1) is 0 Å². The molecule has 3 rings (SSSR count). The second kappa shape index (κ2) is 6.05. The summed E-state index contributed by atoms with van der Waals surface area (Å²) in [6.07, 6.45) is 1.44. The number of aromatic amines is 1. The van der Waals surface area contributed by atoms with Crippen molar-refractivity contribution in [3.05, 3.63) is 63.2 Å². The molecule has 23 heavy (non-hydrogen) atoms. The molecule has 0 saturated heterocycles. The molecule has 3 aromatic rings. The third kappa shape index (κ3) is 2.86. The number of nitrogens with one attached hydrogen (secondary N) is 1. The molecular formula is C16H13N3O3S. The van der Waals surface area contributed by atoms with E-state index < -0.39 is 0 Å². The third-order valence-corrected chi connectivity index (χ3v) is 3.58. The van der Waals surface area contributed by atoms with E-state index in [2.05, 4.69) is 10.1 Å². The number of phenolic OH excluding ortho intramolecular Hbond substituents is 1. The number of aromatic nitrogens is 2. The highest BCUT2D eigenvalue weighted by Gasteiger charge is 2.04. The molecule has 1 heterocycles. The van der Waals surface area contributed by atoms with Crippen LogP contribution in [0.2, 0.25) is 0 Å². The number of H-pyrrole nitrogens is 1. The summed E-state index contributed by atoms with van der Waals surface area (Å²) in [6.45, 7) is 0. The SMILES string of the molecule is COc1ccc(/C=N\n2c(=S)[nH]c3ccccc3c2=O)cc1O. The number of aromatic hydroxyl groups is 1. The Bertz CT molecular complexity index is 1020. The summed E-state index contributed by atoms with van der Waals surface area (Å²) in [4.78, 5) is 15.4. The lowest BCUT2D eigenvalue weighted by molar-refractivity contribution is 0.373. The van der Waals surface area contributed by atoms with Gasteiger partial charge in [-0.05, 0) is 48.1 Å². The molecule has 0 fully saturated rings. The first-order valence-electron chi connectivity index (χ1n) is 6.75. The van der Waals surface area contributed by atoms with Crippen LogP contribution in [-0.4, -0.2) is 28.1 Å². The highest BCUT2D eigenvalue weighted by Crippen LogP contribution is 2.25. The number of nitrogens with zero attached hydrogens (tertiary/aromatic N) is 2. The largest absolute Gasteiger partial charge is 0.504 e. The van der Waals surface area contributed by atoms with E-state index in [9.17, 15) is 9.90 Å². The van der Waals surface area contributed by atoms with Crippen molar-refractivity contribution >= 4 is 29.3 Å². The monoisotopic (exact) mass is 327 g/mol. The van der Waals surface area contributed by atoms with Crippen molar-refractivity contribution in [2.45, 2.75) is 0 Å². The van der Waals surface area contributed by atoms with Gasteiger partial charge in [0.25, 0.3) is 5.56 Å². The molecule has 0 saturated carbocycles. The Balaban J connectivity index is 2.06. The second-order valence-electron chi connectivity index (χ2n) is 4.77. The van der Waals surface area contributed by atoms with Gasteiger partial charge in [-0.3, -0.25) is 4.79 Å². The predicted molar refractivity (Wildman–Crippen MR) is 91.0 cm³/mol. The number of hydrogen-bond acceptors (Lipinski definition) is 5. The number of hydrogen-bond donors (Lipinski definition) is 2. The van der Waals surface area contributed by atoms with Crippen molar-refractivity contribution in [3.63, 3.8) is 0 Å². The van der Waals surface area contributed by atoms with Crippen LogP contribution in [0.5, 0.6) is 11.5 Å². The summed E-state index contributed by atoms with van der Waals surface area (Å²) in [5.41, 5.74) is 0.965. The van der Waals surface area contributed by atoms with Gasteiger partial charge < -0.3 is 14.8 Å². The quantitative estimate of drug-likeness (QED) is 0.572. The molecule has 0 aliphatic carbocycles. The standard InChI is InChI=1S/C16H13N3O3S/c1-22-14-7-6-10(8-13(14)20)9-17-19-15(21)11-4-2-3-5-12(11)18-16(19)23/h2-9,20H,1H3,(H,18,23)/b17-9-. The minimum atomic E-state index is -0.307. The van der Waals surface area contributed by atoms with E-state index in [4.69, 9.17) is 17.0 Å². The lowest BCUT2D eigenvalue weighted by Crippen LogP contribution is -2.18. The molecule has 2 N–H and O–H groups in total. The fourth-order valence-electron chi connectivity index (χ4n) is 2.17. The van der Waals surface area contributed by atoms with Crippen molar-refractivity contribution in [1.29, 1.82) is 0 Å². The number of fused-ring (bicyclic) bond motifs is 1. The number of phenols is 1. The van der Waals surface area contributed by atoms with Gasteiger partial charge in [0, 0.05) is 0 Å². The van der Waals surface area contributed by atoms with Crippen molar-refractivity contribution < 1.29 is 9.84 Å².